The molecular weight excluding hydrogens is 469 g/mol. The van der Waals surface area contributed by atoms with E-state index in [-0.39, 0.29) is 35.3 Å². The largest absolute Gasteiger partial charge is 0.488 e. The van der Waals surface area contributed by atoms with E-state index in [1.54, 1.807) is 18.3 Å². The number of rotatable bonds is 4. The topological polar surface area (TPSA) is 74.3 Å². The van der Waals surface area contributed by atoms with Crippen molar-refractivity contribution < 1.29 is 23.0 Å². The number of alkyl halides is 3. The highest BCUT2D eigenvalue weighted by Gasteiger charge is 2.33. The molecule has 3 heterocycles. The number of aryl methyl sites for hydroxylation is 1. The zero-order valence-corrected chi connectivity index (χ0v) is 18.8. The van der Waals surface area contributed by atoms with E-state index in [4.69, 9.17) is 16.3 Å². The van der Waals surface area contributed by atoms with E-state index >= 15 is 0 Å². The van der Waals surface area contributed by atoms with E-state index < -0.39 is 11.7 Å². The van der Waals surface area contributed by atoms with Crippen LogP contribution >= 0.6 is 11.6 Å². The zero-order valence-electron chi connectivity index (χ0n) is 18.0. The van der Waals surface area contributed by atoms with E-state index in [1.165, 1.54) is 0 Å². The Morgan fingerprint density at radius 3 is 2.74 bits per heavy atom. The molecule has 2 N–H and O–H groups in total. The number of benzene rings is 2. The normalized spacial score (nSPS) is 15.9. The molecule has 4 aromatic rings. The number of aliphatic hydroxyl groups excluding tert-OH is 1. The summed E-state index contributed by atoms with van der Waals surface area (Å²) < 4.78 is 45.7. The molecule has 6 nitrogen and oxygen atoms in total. The number of hydrogen-bond acceptors (Lipinski definition) is 5. The third kappa shape index (κ3) is 3.84. The first kappa shape index (κ1) is 22.5. The average molecular weight is 489 g/mol. The number of aromatic nitrogens is 3. The van der Waals surface area contributed by atoms with Crippen LogP contribution in [-0.2, 0) is 12.6 Å². The molecular formula is C24H20ClF3N4O2. The fourth-order valence-electron chi connectivity index (χ4n) is 4.08. The van der Waals surface area contributed by atoms with Crippen LogP contribution in [0.1, 0.15) is 18.1 Å². The third-order valence-corrected chi connectivity index (χ3v) is 6.12. The highest BCUT2D eigenvalue weighted by atomic mass is 35.5. The van der Waals surface area contributed by atoms with Gasteiger partial charge in [0.15, 0.2) is 5.75 Å². The molecule has 2 aromatic heterocycles. The van der Waals surface area contributed by atoms with Crippen molar-refractivity contribution in [2.75, 3.05) is 18.1 Å². The standard InChI is InChI=1S/C24H20ClF3N4O2/c1-2-13-6-7-20(29-10-13)32-15(11-33)12-34-22-16(4-3-5-19(22)32)23-30-18-9-14(24(26,27)28)8-17(25)21(18)31-23/h3-10,15,33H,2,11-12H2,1H3,(H,30,31). The van der Waals surface area contributed by atoms with Crippen molar-refractivity contribution in [2.45, 2.75) is 25.6 Å². The van der Waals surface area contributed by atoms with Gasteiger partial charge in [-0.25, -0.2) is 9.97 Å². The van der Waals surface area contributed by atoms with E-state index in [2.05, 4.69) is 15.0 Å². The Hall–Kier alpha value is -3.30. The van der Waals surface area contributed by atoms with Gasteiger partial charge >= 0.3 is 6.18 Å². The van der Waals surface area contributed by atoms with Crippen molar-refractivity contribution in [1.82, 2.24) is 15.0 Å². The van der Waals surface area contributed by atoms with Gasteiger partial charge in [-0.3, -0.25) is 0 Å². The molecule has 0 amide bonds. The molecule has 5 rings (SSSR count). The van der Waals surface area contributed by atoms with Gasteiger partial charge in [0.05, 0.1) is 40.0 Å². The molecule has 1 aliphatic heterocycles. The smallest absolute Gasteiger partial charge is 0.416 e. The molecule has 176 valence electrons. The number of para-hydroxylation sites is 1. The van der Waals surface area contributed by atoms with Crippen LogP contribution < -0.4 is 9.64 Å². The third-order valence-electron chi connectivity index (χ3n) is 5.84. The van der Waals surface area contributed by atoms with Crippen molar-refractivity contribution >= 4 is 34.1 Å². The summed E-state index contributed by atoms with van der Waals surface area (Å²) in [5, 5.41) is 9.88. The lowest BCUT2D eigenvalue weighted by Crippen LogP contribution is -2.43. The van der Waals surface area contributed by atoms with Crippen LogP contribution in [0.2, 0.25) is 5.02 Å². The van der Waals surface area contributed by atoms with Gasteiger partial charge in [-0.2, -0.15) is 13.2 Å². The van der Waals surface area contributed by atoms with E-state index in [9.17, 15) is 18.3 Å². The van der Waals surface area contributed by atoms with Gasteiger partial charge in [-0.1, -0.05) is 30.7 Å². The van der Waals surface area contributed by atoms with Crippen LogP contribution in [0, 0.1) is 0 Å². The maximum atomic E-state index is 13.2. The van der Waals surface area contributed by atoms with Gasteiger partial charge in [0, 0.05) is 6.20 Å². The van der Waals surface area contributed by atoms with Crippen LogP contribution in [0.25, 0.3) is 22.4 Å². The Morgan fingerprint density at radius 1 is 1.24 bits per heavy atom. The van der Waals surface area contributed by atoms with Crippen LogP contribution in [-0.4, -0.2) is 39.3 Å². The van der Waals surface area contributed by atoms with Crippen LogP contribution in [0.3, 0.4) is 0 Å². The molecule has 1 atom stereocenters. The van der Waals surface area contributed by atoms with E-state index in [0.717, 1.165) is 24.1 Å². The second kappa shape index (κ2) is 8.48. The molecule has 0 aliphatic carbocycles. The number of fused-ring (bicyclic) bond motifs is 2. The quantitative estimate of drug-likeness (QED) is 0.382. The highest BCUT2D eigenvalue weighted by molar-refractivity contribution is 6.35. The SMILES string of the molecule is CCc1ccc(N2c3cccc(-c4nc5c(Cl)cc(C(F)(F)F)cc5[nH]4)c3OCC2CO)nc1. The second-order valence-corrected chi connectivity index (χ2v) is 8.39. The number of hydrogen-bond donors (Lipinski definition) is 2. The number of aromatic amines is 1. The van der Waals surface area contributed by atoms with Crippen LogP contribution in [0.5, 0.6) is 5.75 Å². The number of nitrogens with zero attached hydrogens (tertiary/aromatic N) is 3. The molecule has 0 fully saturated rings. The lowest BCUT2D eigenvalue weighted by Gasteiger charge is -2.37. The van der Waals surface area contributed by atoms with Gasteiger partial charge in [-0.15, -0.1) is 0 Å². The van der Waals surface area contributed by atoms with Gasteiger partial charge in [0.2, 0.25) is 0 Å². The van der Waals surface area contributed by atoms with Gasteiger partial charge in [0.25, 0.3) is 0 Å². The number of ether oxygens (including phenoxy) is 1. The van der Waals surface area contributed by atoms with E-state index in [0.29, 0.717) is 28.6 Å². The number of pyridine rings is 1. The van der Waals surface area contributed by atoms with Gasteiger partial charge in [-0.05, 0) is 42.3 Å². The molecule has 10 heteroatoms. The average Bonchev–Trinajstić information content (AvgIpc) is 3.27. The lowest BCUT2D eigenvalue weighted by molar-refractivity contribution is -0.137. The number of halogens is 4. The first-order valence-electron chi connectivity index (χ1n) is 10.7. The molecule has 0 saturated carbocycles. The Morgan fingerprint density at radius 2 is 2.06 bits per heavy atom. The minimum absolute atomic E-state index is 0.0970. The molecule has 1 unspecified atom stereocenters. The summed E-state index contributed by atoms with van der Waals surface area (Å²) in [4.78, 5) is 13.9. The zero-order chi connectivity index (χ0) is 24.0. The van der Waals surface area contributed by atoms with Crippen molar-refractivity contribution in [3.05, 3.63) is 64.8 Å². The van der Waals surface area contributed by atoms with E-state index in [1.807, 2.05) is 30.0 Å². The lowest BCUT2D eigenvalue weighted by atomic mass is 10.1. The minimum atomic E-state index is -4.53. The van der Waals surface area contributed by atoms with Gasteiger partial charge < -0.3 is 19.7 Å². The molecule has 0 saturated heterocycles. The first-order chi connectivity index (χ1) is 16.3. The monoisotopic (exact) mass is 488 g/mol. The van der Waals surface area contributed by atoms with Crippen LogP contribution in [0.4, 0.5) is 24.7 Å². The summed E-state index contributed by atoms with van der Waals surface area (Å²) in [5.74, 6) is 1.46. The fourth-order valence-corrected chi connectivity index (χ4v) is 4.34. The summed E-state index contributed by atoms with van der Waals surface area (Å²) in [5.41, 5.74) is 1.87. The van der Waals surface area contributed by atoms with Crippen molar-refractivity contribution in [2.24, 2.45) is 0 Å². The summed E-state index contributed by atoms with van der Waals surface area (Å²) in [6.07, 6.45) is -1.88. The fraction of sp³-hybridized carbons (Fsp3) is 0.250. The molecule has 2 aromatic carbocycles. The summed E-state index contributed by atoms with van der Waals surface area (Å²) >= 11 is 6.12. The Bertz CT molecular complexity index is 1360. The first-order valence-corrected chi connectivity index (χ1v) is 11.1. The number of imidazole rings is 1. The summed E-state index contributed by atoms with van der Waals surface area (Å²) in [6.45, 7) is 2.08. The predicted molar refractivity (Wildman–Crippen MR) is 124 cm³/mol. The second-order valence-electron chi connectivity index (χ2n) is 7.99. The highest BCUT2D eigenvalue weighted by Crippen LogP contribution is 2.44. The predicted octanol–water partition coefficient (Wildman–Crippen LogP) is 5.75. The number of H-pyrrole nitrogens is 1. The summed E-state index contributed by atoms with van der Waals surface area (Å²) in [6, 6.07) is 10.8. The maximum Gasteiger partial charge on any atom is 0.416 e. The molecule has 0 radical (unpaired) electrons. The number of nitrogens with one attached hydrogen (secondary N) is 1. The number of anilines is 2. The van der Waals surface area contributed by atoms with Crippen molar-refractivity contribution in [1.29, 1.82) is 0 Å². The molecule has 0 bridgehead atoms. The Balaban J connectivity index is 1.63. The minimum Gasteiger partial charge on any atom is -0.488 e. The summed E-state index contributed by atoms with van der Waals surface area (Å²) in [7, 11) is 0. The Kier molecular flexibility index (Phi) is 5.61. The van der Waals surface area contributed by atoms with Crippen LogP contribution in [0.15, 0.2) is 48.7 Å². The van der Waals surface area contributed by atoms with Crippen molar-refractivity contribution in [3.63, 3.8) is 0 Å². The molecule has 0 spiro atoms. The Labute approximate surface area is 198 Å². The molecule has 1 aliphatic rings. The maximum absolute atomic E-state index is 13.2. The van der Waals surface area contributed by atoms with Crippen molar-refractivity contribution in [3.8, 4) is 17.1 Å². The molecule has 34 heavy (non-hydrogen) atoms. The number of aliphatic hydroxyl groups is 1. The van der Waals surface area contributed by atoms with Gasteiger partial charge in [0.1, 0.15) is 23.8 Å².